The molecule has 0 saturated carbocycles. The Hall–Kier alpha value is -1.97. The van der Waals surface area contributed by atoms with E-state index in [0.29, 0.717) is 11.8 Å². The SMILES string of the molecule is Cc1nn(C(C)C)c(C)c1NCc1ccc(O)cc1. The normalized spacial score (nSPS) is 11.0. The van der Waals surface area contributed by atoms with Gasteiger partial charge >= 0.3 is 0 Å². The molecular weight excluding hydrogens is 238 g/mol. The highest BCUT2D eigenvalue weighted by Gasteiger charge is 2.12. The Morgan fingerprint density at radius 1 is 1.21 bits per heavy atom. The standard InChI is InChI=1S/C15H21N3O/c1-10(2)18-12(4)15(11(3)17-18)16-9-13-5-7-14(19)8-6-13/h5-8,10,16,19H,9H2,1-4H3. The van der Waals surface area contributed by atoms with Crippen LogP contribution in [0.4, 0.5) is 5.69 Å². The molecule has 0 fully saturated rings. The molecule has 0 saturated heterocycles. The van der Waals surface area contributed by atoms with E-state index < -0.39 is 0 Å². The number of hydrogen-bond acceptors (Lipinski definition) is 3. The van der Waals surface area contributed by atoms with E-state index in [4.69, 9.17) is 0 Å². The number of anilines is 1. The average Bonchev–Trinajstić information content (AvgIpc) is 2.65. The molecule has 2 aromatic rings. The maximum absolute atomic E-state index is 9.26. The minimum atomic E-state index is 0.295. The Bertz CT molecular complexity index is 556. The Morgan fingerprint density at radius 2 is 1.84 bits per heavy atom. The van der Waals surface area contributed by atoms with Crippen molar-refractivity contribution in [1.82, 2.24) is 9.78 Å². The summed E-state index contributed by atoms with van der Waals surface area (Å²) >= 11 is 0. The summed E-state index contributed by atoms with van der Waals surface area (Å²) in [6.45, 7) is 9.09. The van der Waals surface area contributed by atoms with Gasteiger partial charge in [0.1, 0.15) is 5.75 Å². The molecule has 0 amide bonds. The van der Waals surface area contributed by atoms with E-state index in [1.54, 1.807) is 12.1 Å². The van der Waals surface area contributed by atoms with Crippen molar-refractivity contribution in [1.29, 1.82) is 0 Å². The van der Waals surface area contributed by atoms with Gasteiger partial charge in [-0.1, -0.05) is 12.1 Å². The van der Waals surface area contributed by atoms with Gasteiger partial charge in [0.15, 0.2) is 0 Å². The number of aryl methyl sites for hydroxylation is 1. The molecular formula is C15H21N3O. The number of rotatable bonds is 4. The van der Waals surface area contributed by atoms with E-state index in [1.807, 2.05) is 23.7 Å². The molecule has 0 bridgehead atoms. The van der Waals surface area contributed by atoms with Crippen LogP contribution in [0.3, 0.4) is 0 Å². The second-order valence-corrected chi connectivity index (χ2v) is 5.10. The Balaban J connectivity index is 2.13. The van der Waals surface area contributed by atoms with Crippen molar-refractivity contribution < 1.29 is 5.11 Å². The molecule has 0 aliphatic heterocycles. The fraction of sp³-hybridized carbons (Fsp3) is 0.400. The fourth-order valence-corrected chi connectivity index (χ4v) is 2.23. The van der Waals surface area contributed by atoms with Gasteiger partial charge < -0.3 is 10.4 Å². The smallest absolute Gasteiger partial charge is 0.115 e. The molecule has 2 N–H and O–H groups in total. The van der Waals surface area contributed by atoms with E-state index in [9.17, 15) is 5.11 Å². The highest BCUT2D eigenvalue weighted by atomic mass is 16.3. The molecule has 0 aliphatic rings. The molecule has 19 heavy (non-hydrogen) atoms. The van der Waals surface area contributed by atoms with Crippen LogP contribution >= 0.6 is 0 Å². The van der Waals surface area contributed by atoms with Crippen molar-refractivity contribution >= 4 is 5.69 Å². The molecule has 1 aromatic carbocycles. The number of hydrogen-bond donors (Lipinski definition) is 2. The summed E-state index contributed by atoms with van der Waals surface area (Å²) in [7, 11) is 0. The minimum Gasteiger partial charge on any atom is -0.508 e. The van der Waals surface area contributed by atoms with Crippen molar-refractivity contribution in [2.75, 3.05) is 5.32 Å². The number of aromatic nitrogens is 2. The third-order valence-electron chi connectivity index (χ3n) is 3.22. The van der Waals surface area contributed by atoms with Gasteiger partial charge in [-0.2, -0.15) is 5.10 Å². The van der Waals surface area contributed by atoms with Crippen LogP contribution in [-0.4, -0.2) is 14.9 Å². The van der Waals surface area contributed by atoms with Gasteiger partial charge in [0.05, 0.1) is 17.1 Å². The number of phenolic OH excluding ortho intramolecular Hbond substituents is 1. The lowest BCUT2D eigenvalue weighted by Crippen LogP contribution is -2.06. The molecule has 0 atom stereocenters. The Labute approximate surface area is 114 Å². The lowest BCUT2D eigenvalue weighted by molar-refractivity contribution is 0.475. The van der Waals surface area contributed by atoms with E-state index in [2.05, 4.69) is 31.2 Å². The van der Waals surface area contributed by atoms with Crippen molar-refractivity contribution in [3.8, 4) is 5.75 Å². The zero-order valence-corrected chi connectivity index (χ0v) is 11.9. The number of phenols is 1. The number of benzene rings is 1. The largest absolute Gasteiger partial charge is 0.508 e. The maximum Gasteiger partial charge on any atom is 0.115 e. The van der Waals surface area contributed by atoms with E-state index >= 15 is 0 Å². The van der Waals surface area contributed by atoms with Gasteiger partial charge in [0.25, 0.3) is 0 Å². The van der Waals surface area contributed by atoms with Crippen LogP contribution in [0.25, 0.3) is 0 Å². The summed E-state index contributed by atoms with van der Waals surface area (Å²) in [6.07, 6.45) is 0. The first-order valence-corrected chi connectivity index (χ1v) is 6.56. The topological polar surface area (TPSA) is 50.1 Å². The summed E-state index contributed by atoms with van der Waals surface area (Å²) in [5.41, 5.74) is 4.41. The summed E-state index contributed by atoms with van der Waals surface area (Å²) in [5.74, 6) is 0.295. The molecule has 2 rings (SSSR count). The molecule has 0 radical (unpaired) electrons. The van der Waals surface area contributed by atoms with Crippen LogP contribution in [-0.2, 0) is 6.54 Å². The summed E-state index contributed by atoms with van der Waals surface area (Å²) in [4.78, 5) is 0. The van der Waals surface area contributed by atoms with Crippen LogP contribution in [0.2, 0.25) is 0 Å². The van der Waals surface area contributed by atoms with Crippen molar-refractivity contribution in [3.05, 3.63) is 41.2 Å². The highest BCUT2D eigenvalue weighted by Crippen LogP contribution is 2.23. The minimum absolute atomic E-state index is 0.295. The highest BCUT2D eigenvalue weighted by molar-refractivity contribution is 5.52. The second-order valence-electron chi connectivity index (χ2n) is 5.10. The van der Waals surface area contributed by atoms with Gasteiger partial charge in [-0.3, -0.25) is 4.68 Å². The summed E-state index contributed by atoms with van der Waals surface area (Å²) < 4.78 is 2.04. The first-order chi connectivity index (χ1) is 8.99. The third kappa shape index (κ3) is 2.89. The Kier molecular flexibility index (Phi) is 3.79. The molecule has 102 valence electrons. The van der Waals surface area contributed by atoms with Gasteiger partial charge in [-0.05, 0) is 45.4 Å². The second kappa shape index (κ2) is 5.34. The molecule has 4 nitrogen and oxygen atoms in total. The quantitative estimate of drug-likeness (QED) is 0.884. The summed E-state index contributed by atoms with van der Waals surface area (Å²) in [6, 6.07) is 7.60. The average molecular weight is 259 g/mol. The first kappa shape index (κ1) is 13.5. The third-order valence-corrected chi connectivity index (χ3v) is 3.22. The van der Waals surface area contributed by atoms with Crippen LogP contribution in [0.15, 0.2) is 24.3 Å². The van der Waals surface area contributed by atoms with E-state index in [-0.39, 0.29) is 0 Å². The van der Waals surface area contributed by atoms with Gasteiger partial charge in [0, 0.05) is 12.6 Å². The van der Waals surface area contributed by atoms with Crippen LogP contribution in [0, 0.1) is 13.8 Å². The van der Waals surface area contributed by atoms with E-state index in [0.717, 1.165) is 29.2 Å². The Morgan fingerprint density at radius 3 is 2.37 bits per heavy atom. The first-order valence-electron chi connectivity index (χ1n) is 6.56. The molecule has 1 heterocycles. The predicted molar refractivity (Wildman–Crippen MR) is 77.5 cm³/mol. The zero-order chi connectivity index (χ0) is 14.0. The lowest BCUT2D eigenvalue weighted by atomic mass is 10.2. The lowest BCUT2D eigenvalue weighted by Gasteiger charge is -2.10. The molecule has 0 spiro atoms. The predicted octanol–water partition coefficient (Wildman–Crippen LogP) is 3.40. The van der Waals surface area contributed by atoms with Gasteiger partial charge in [-0.15, -0.1) is 0 Å². The van der Waals surface area contributed by atoms with E-state index in [1.165, 1.54) is 0 Å². The number of nitrogens with one attached hydrogen (secondary N) is 1. The van der Waals surface area contributed by atoms with Gasteiger partial charge in [0.2, 0.25) is 0 Å². The molecule has 4 heteroatoms. The van der Waals surface area contributed by atoms with Crippen LogP contribution in [0.1, 0.15) is 36.8 Å². The van der Waals surface area contributed by atoms with Crippen molar-refractivity contribution in [2.45, 2.75) is 40.3 Å². The van der Waals surface area contributed by atoms with Crippen LogP contribution < -0.4 is 5.32 Å². The monoisotopic (exact) mass is 259 g/mol. The van der Waals surface area contributed by atoms with Crippen molar-refractivity contribution in [2.24, 2.45) is 0 Å². The number of aromatic hydroxyl groups is 1. The van der Waals surface area contributed by atoms with Crippen LogP contribution in [0.5, 0.6) is 5.75 Å². The zero-order valence-electron chi connectivity index (χ0n) is 11.9. The molecule has 0 unspecified atom stereocenters. The van der Waals surface area contributed by atoms with Crippen molar-refractivity contribution in [3.63, 3.8) is 0 Å². The summed E-state index contributed by atoms with van der Waals surface area (Å²) in [5, 5.41) is 17.2. The molecule has 0 aliphatic carbocycles. The fourth-order valence-electron chi connectivity index (χ4n) is 2.23. The van der Waals surface area contributed by atoms with Gasteiger partial charge in [-0.25, -0.2) is 0 Å². The molecule has 1 aromatic heterocycles. The number of nitrogens with zero attached hydrogens (tertiary/aromatic N) is 2. The maximum atomic E-state index is 9.26.